The molecule has 1 unspecified atom stereocenters. The van der Waals surface area contributed by atoms with Gasteiger partial charge >= 0.3 is 12.3 Å². The van der Waals surface area contributed by atoms with Gasteiger partial charge in [0, 0.05) is 6.07 Å². The molecule has 1 N–H and O–H groups in total. The van der Waals surface area contributed by atoms with Gasteiger partial charge in [-0.3, -0.25) is 10.1 Å². The van der Waals surface area contributed by atoms with Gasteiger partial charge in [-0.2, -0.15) is 4.39 Å². The van der Waals surface area contributed by atoms with Gasteiger partial charge in [-0.25, -0.2) is 4.79 Å². The van der Waals surface area contributed by atoms with Crippen LogP contribution in [-0.2, 0) is 4.79 Å². The Morgan fingerprint density at radius 1 is 1.62 bits per heavy atom. The summed E-state index contributed by atoms with van der Waals surface area (Å²) in [7, 11) is 0. The molecule has 0 fully saturated rings. The number of carbonyl (C=O) groups is 1. The van der Waals surface area contributed by atoms with Crippen LogP contribution in [0.25, 0.3) is 0 Å². The number of ether oxygens (including phenoxy) is 1. The Labute approximate surface area is 96.9 Å². The first-order chi connectivity index (χ1) is 7.41. The molecule has 6 nitrogen and oxygen atoms in total. The summed E-state index contributed by atoms with van der Waals surface area (Å²) in [6, 6.07) is 3.37. The summed E-state index contributed by atoms with van der Waals surface area (Å²) in [4.78, 5) is 19.9. The van der Waals surface area contributed by atoms with Crippen molar-refractivity contribution >= 4 is 27.6 Å². The average molecular weight is 294 g/mol. The first kappa shape index (κ1) is 12.4. The van der Waals surface area contributed by atoms with E-state index in [-0.39, 0.29) is 15.9 Å². The van der Waals surface area contributed by atoms with Crippen molar-refractivity contribution < 1.29 is 24.0 Å². The van der Waals surface area contributed by atoms with Crippen molar-refractivity contribution in [2.75, 3.05) is 0 Å². The standard InChI is InChI=1S/C8H5BrFNO5/c9-5-2-1-4(11(14)15)3-6(5)16-7(10)8(12)13/h1-3,7H,(H,12,13). The van der Waals surface area contributed by atoms with Crippen LogP contribution in [0.3, 0.4) is 0 Å². The molecule has 0 bridgehead atoms. The zero-order valence-electron chi connectivity index (χ0n) is 7.59. The van der Waals surface area contributed by atoms with E-state index in [0.29, 0.717) is 0 Å². The number of nitro benzene ring substituents is 1. The van der Waals surface area contributed by atoms with E-state index in [1.54, 1.807) is 0 Å². The molecule has 0 aliphatic carbocycles. The lowest BCUT2D eigenvalue weighted by Crippen LogP contribution is -2.21. The monoisotopic (exact) mass is 293 g/mol. The van der Waals surface area contributed by atoms with E-state index in [0.717, 1.165) is 6.07 Å². The summed E-state index contributed by atoms with van der Waals surface area (Å²) in [6.45, 7) is 0. The van der Waals surface area contributed by atoms with Crippen molar-refractivity contribution in [1.82, 2.24) is 0 Å². The number of aliphatic carboxylic acids is 1. The van der Waals surface area contributed by atoms with Crippen LogP contribution < -0.4 is 4.74 Å². The zero-order valence-corrected chi connectivity index (χ0v) is 9.18. The molecule has 8 heteroatoms. The Morgan fingerprint density at radius 3 is 2.75 bits per heavy atom. The maximum Gasteiger partial charge on any atom is 0.378 e. The van der Waals surface area contributed by atoms with Gasteiger partial charge in [0.15, 0.2) is 0 Å². The number of nitro groups is 1. The second kappa shape index (κ2) is 4.88. The molecule has 0 aliphatic rings. The topological polar surface area (TPSA) is 89.7 Å². The molecule has 0 spiro atoms. The number of non-ortho nitro benzene ring substituents is 1. The molecule has 1 atom stereocenters. The molecule has 0 heterocycles. The molecule has 1 aromatic rings. The third-order valence-electron chi connectivity index (χ3n) is 1.55. The molecule has 16 heavy (non-hydrogen) atoms. The highest BCUT2D eigenvalue weighted by atomic mass is 79.9. The first-order valence-corrected chi connectivity index (χ1v) is 4.68. The Balaban J connectivity index is 2.98. The summed E-state index contributed by atoms with van der Waals surface area (Å²) in [5, 5.41) is 18.7. The fraction of sp³-hybridized carbons (Fsp3) is 0.125. The van der Waals surface area contributed by atoms with Gasteiger partial charge < -0.3 is 9.84 Å². The van der Waals surface area contributed by atoms with Gasteiger partial charge in [0.1, 0.15) is 5.75 Å². The van der Waals surface area contributed by atoms with Crippen LogP contribution in [0.2, 0.25) is 0 Å². The summed E-state index contributed by atoms with van der Waals surface area (Å²) in [6.07, 6.45) is -2.57. The number of hydrogen-bond acceptors (Lipinski definition) is 4. The summed E-state index contributed by atoms with van der Waals surface area (Å²) >= 11 is 2.95. The van der Waals surface area contributed by atoms with E-state index in [9.17, 15) is 19.3 Å². The molecule has 1 aromatic carbocycles. The third kappa shape index (κ3) is 2.89. The smallest absolute Gasteiger partial charge is 0.378 e. The van der Waals surface area contributed by atoms with Crippen LogP contribution in [0.1, 0.15) is 0 Å². The molecular weight excluding hydrogens is 289 g/mol. The van der Waals surface area contributed by atoms with E-state index < -0.39 is 17.3 Å². The average Bonchev–Trinajstić information content (AvgIpc) is 2.20. The van der Waals surface area contributed by atoms with Crippen molar-refractivity contribution in [2.24, 2.45) is 0 Å². The number of rotatable bonds is 4. The van der Waals surface area contributed by atoms with Crippen molar-refractivity contribution in [3.05, 3.63) is 32.8 Å². The maximum absolute atomic E-state index is 12.7. The minimum absolute atomic E-state index is 0.224. The minimum atomic E-state index is -2.57. The van der Waals surface area contributed by atoms with E-state index in [2.05, 4.69) is 20.7 Å². The molecule has 0 saturated carbocycles. The second-order valence-electron chi connectivity index (χ2n) is 2.64. The number of benzene rings is 1. The summed E-state index contributed by atoms with van der Waals surface area (Å²) in [5.41, 5.74) is -0.323. The predicted octanol–water partition coefficient (Wildman–Crippen LogP) is 2.12. The summed E-state index contributed by atoms with van der Waals surface area (Å²) < 4.78 is 17.3. The first-order valence-electron chi connectivity index (χ1n) is 3.89. The van der Waals surface area contributed by atoms with E-state index in [1.165, 1.54) is 12.1 Å². The number of alkyl halides is 1. The summed E-state index contributed by atoms with van der Waals surface area (Å²) in [5.74, 6) is -2.05. The second-order valence-corrected chi connectivity index (χ2v) is 3.50. The van der Waals surface area contributed by atoms with Crippen LogP contribution in [-0.4, -0.2) is 22.4 Å². The lowest BCUT2D eigenvalue weighted by Gasteiger charge is -2.08. The van der Waals surface area contributed by atoms with Crippen LogP contribution in [0.5, 0.6) is 5.75 Å². The quantitative estimate of drug-likeness (QED) is 0.678. The highest BCUT2D eigenvalue weighted by Crippen LogP contribution is 2.30. The number of carboxylic acid groups (broad SMARTS) is 1. The Kier molecular flexibility index (Phi) is 3.78. The van der Waals surface area contributed by atoms with Gasteiger partial charge in [-0.15, -0.1) is 0 Å². The molecule has 0 amide bonds. The lowest BCUT2D eigenvalue weighted by molar-refractivity contribution is -0.385. The fourth-order valence-electron chi connectivity index (χ4n) is 0.858. The number of nitrogens with zero attached hydrogens (tertiary/aromatic N) is 1. The molecule has 0 aromatic heterocycles. The minimum Gasteiger partial charge on any atom is -0.476 e. The number of hydrogen-bond donors (Lipinski definition) is 1. The van der Waals surface area contributed by atoms with Crippen molar-refractivity contribution in [3.63, 3.8) is 0 Å². The largest absolute Gasteiger partial charge is 0.476 e. The van der Waals surface area contributed by atoms with E-state index in [1.807, 2.05) is 0 Å². The maximum atomic E-state index is 12.7. The van der Waals surface area contributed by atoms with E-state index >= 15 is 0 Å². The number of halogens is 2. The van der Waals surface area contributed by atoms with Crippen LogP contribution >= 0.6 is 15.9 Å². The molecule has 1 rings (SSSR count). The van der Waals surface area contributed by atoms with Crippen LogP contribution in [0, 0.1) is 10.1 Å². The van der Waals surface area contributed by atoms with Crippen molar-refractivity contribution in [3.8, 4) is 5.75 Å². The van der Waals surface area contributed by atoms with Crippen molar-refractivity contribution in [1.29, 1.82) is 0 Å². The van der Waals surface area contributed by atoms with Gasteiger partial charge in [0.25, 0.3) is 5.69 Å². The molecule has 0 radical (unpaired) electrons. The highest BCUT2D eigenvalue weighted by Gasteiger charge is 2.20. The molecular formula is C8H5BrFNO5. The van der Waals surface area contributed by atoms with Gasteiger partial charge in [0.2, 0.25) is 0 Å². The fourth-order valence-corrected chi connectivity index (χ4v) is 1.20. The van der Waals surface area contributed by atoms with Gasteiger partial charge in [-0.05, 0) is 22.0 Å². The zero-order chi connectivity index (χ0) is 12.3. The van der Waals surface area contributed by atoms with E-state index in [4.69, 9.17) is 5.11 Å². The Hall–Kier alpha value is -1.70. The SMILES string of the molecule is O=C(O)C(F)Oc1cc([N+](=O)[O-])ccc1Br. The Morgan fingerprint density at radius 2 is 2.25 bits per heavy atom. The highest BCUT2D eigenvalue weighted by molar-refractivity contribution is 9.10. The van der Waals surface area contributed by atoms with Gasteiger partial charge in [0.05, 0.1) is 15.5 Å². The molecule has 0 aliphatic heterocycles. The van der Waals surface area contributed by atoms with Gasteiger partial charge in [-0.1, -0.05) is 0 Å². The van der Waals surface area contributed by atoms with Crippen LogP contribution in [0.15, 0.2) is 22.7 Å². The number of carboxylic acids is 1. The normalized spacial score (nSPS) is 11.9. The third-order valence-corrected chi connectivity index (χ3v) is 2.21. The van der Waals surface area contributed by atoms with Crippen LogP contribution in [0.4, 0.5) is 10.1 Å². The van der Waals surface area contributed by atoms with Crippen molar-refractivity contribution in [2.45, 2.75) is 6.36 Å². The molecule has 86 valence electrons. The lowest BCUT2D eigenvalue weighted by atomic mass is 10.3. The molecule has 0 saturated heterocycles. The predicted molar refractivity (Wildman–Crippen MR) is 54.0 cm³/mol. The Bertz CT molecular complexity index is 438.